The molecule has 2 aliphatic rings. The zero-order valence-electron chi connectivity index (χ0n) is 10.9. The molecule has 0 aromatic heterocycles. The highest BCUT2D eigenvalue weighted by Crippen LogP contribution is 2.37. The summed E-state index contributed by atoms with van der Waals surface area (Å²) in [4.78, 5) is 21.9. The van der Waals surface area contributed by atoms with Crippen molar-refractivity contribution in [3.8, 4) is 0 Å². The van der Waals surface area contributed by atoms with Crippen LogP contribution in [-0.4, -0.2) is 48.4 Å². The van der Waals surface area contributed by atoms with Crippen molar-refractivity contribution < 1.29 is 33.6 Å². The number of hydrogen-bond acceptors (Lipinski definition) is 7. The zero-order valence-corrected chi connectivity index (χ0v) is 10.9. The highest BCUT2D eigenvalue weighted by atomic mass is 16.7. The van der Waals surface area contributed by atoms with Crippen LogP contribution in [-0.2, 0) is 28.5 Å². The van der Waals surface area contributed by atoms with Crippen LogP contribution in [0.3, 0.4) is 0 Å². The third-order valence-electron chi connectivity index (χ3n) is 3.21. The molecule has 7 nitrogen and oxygen atoms in total. The Labute approximate surface area is 110 Å². The lowest BCUT2D eigenvalue weighted by Crippen LogP contribution is -2.47. The second-order valence-electron chi connectivity index (χ2n) is 4.82. The van der Waals surface area contributed by atoms with Crippen LogP contribution in [0.25, 0.3) is 0 Å². The molecule has 2 fully saturated rings. The maximum atomic E-state index is 11.1. The summed E-state index contributed by atoms with van der Waals surface area (Å²) in [6.45, 7) is 2.60. The summed E-state index contributed by atoms with van der Waals surface area (Å²) in [6.07, 6.45) is -1.50. The lowest BCUT2D eigenvalue weighted by Gasteiger charge is -2.36. The first kappa shape index (κ1) is 14.2. The van der Waals surface area contributed by atoms with Crippen molar-refractivity contribution in [1.29, 1.82) is 0 Å². The molecular weight excluding hydrogens is 256 g/mol. The standard InChI is InChI=1S/C12H18O7/c1-6(13)16-5-10-9(17-7(2)14)3-8-4-11(15)19-12(8)18-10/h8-12,15H,3-5H2,1-2H3/t8-,9-,10+,11?,12+/m0/s1. The molecule has 2 aliphatic heterocycles. The molecule has 2 rings (SSSR count). The molecular formula is C12H18O7. The van der Waals surface area contributed by atoms with Crippen molar-refractivity contribution in [2.75, 3.05) is 6.61 Å². The smallest absolute Gasteiger partial charge is 0.302 e. The van der Waals surface area contributed by atoms with Gasteiger partial charge >= 0.3 is 11.9 Å². The number of esters is 2. The van der Waals surface area contributed by atoms with Gasteiger partial charge in [-0.2, -0.15) is 0 Å². The monoisotopic (exact) mass is 274 g/mol. The third kappa shape index (κ3) is 3.65. The molecule has 0 spiro atoms. The third-order valence-corrected chi connectivity index (χ3v) is 3.21. The van der Waals surface area contributed by atoms with Gasteiger partial charge in [-0.15, -0.1) is 0 Å². The van der Waals surface area contributed by atoms with Gasteiger partial charge in [0.05, 0.1) is 0 Å². The van der Waals surface area contributed by atoms with Crippen molar-refractivity contribution in [2.24, 2.45) is 5.92 Å². The van der Waals surface area contributed by atoms with E-state index in [0.29, 0.717) is 12.8 Å². The van der Waals surface area contributed by atoms with Crippen molar-refractivity contribution >= 4 is 11.9 Å². The topological polar surface area (TPSA) is 91.3 Å². The van der Waals surface area contributed by atoms with Crippen LogP contribution in [0, 0.1) is 5.92 Å². The van der Waals surface area contributed by atoms with Gasteiger partial charge in [-0.05, 0) is 6.42 Å². The van der Waals surface area contributed by atoms with Crippen LogP contribution in [0.15, 0.2) is 0 Å². The summed E-state index contributed by atoms with van der Waals surface area (Å²) < 4.78 is 20.9. The summed E-state index contributed by atoms with van der Waals surface area (Å²) >= 11 is 0. The zero-order chi connectivity index (χ0) is 14.0. The SMILES string of the molecule is CC(=O)OC[C@H]1O[C@@H]2OC(O)C[C@@H]2C[C@@H]1OC(C)=O. The molecule has 0 bridgehead atoms. The van der Waals surface area contributed by atoms with E-state index in [4.69, 9.17) is 18.9 Å². The van der Waals surface area contributed by atoms with Crippen LogP contribution < -0.4 is 0 Å². The van der Waals surface area contributed by atoms with Crippen LogP contribution in [0.4, 0.5) is 0 Å². The predicted molar refractivity (Wildman–Crippen MR) is 60.7 cm³/mol. The largest absolute Gasteiger partial charge is 0.463 e. The maximum Gasteiger partial charge on any atom is 0.302 e. The van der Waals surface area contributed by atoms with Crippen molar-refractivity contribution in [2.45, 2.75) is 51.5 Å². The lowest BCUT2D eigenvalue weighted by molar-refractivity contribution is -0.258. The van der Waals surface area contributed by atoms with Crippen LogP contribution in [0.5, 0.6) is 0 Å². The molecule has 0 aromatic carbocycles. The fourth-order valence-electron chi connectivity index (χ4n) is 2.44. The fraction of sp³-hybridized carbons (Fsp3) is 0.833. The summed E-state index contributed by atoms with van der Waals surface area (Å²) in [6, 6.07) is 0. The lowest BCUT2D eigenvalue weighted by atomic mass is 9.93. The number of aliphatic hydroxyl groups is 1. The Bertz CT molecular complexity index is 356. The van der Waals surface area contributed by atoms with Crippen LogP contribution >= 0.6 is 0 Å². The normalized spacial score (nSPS) is 37.5. The number of aliphatic hydroxyl groups excluding tert-OH is 1. The van der Waals surface area contributed by atoms with Gasteiger partial charge < -0.3 is 24.1 Å². The molecule has 2 heterocycles. The van der Waals surface area contributed by atoms with Gasteiger partial charge in [0.2, 0.25) is 0 Å². The Morgan fingerprint density at radius 1 is 1.21 bits per heavy atom. The van der Waals surface area contributed by atoms with Gasteiger partial charge in [0.1, 0.15) is 18.8 Å². The molecule has 0 aliphatic carbocycles. The Kier molecular flexibility index (Phi) is 4.38. The number of hydrogen-bond donors (Lipinski definition) is 1. The first-order valence-electron chi connectivity index (χ1n) is 6.25. The minimum Gasteiger partial charge on any atom is -0.463 e. The molecule has 0 saturated carbocycles. The van der Waals surface area contributed by atoms with Crippen molar-refractivity contribution in [3.63, 3.8) is 0 Å². The van der Waals surface area contributed by atoms with Gasteiger partial charge in [0, 0.05) is 26.2 Å². The average molecular weight is 274 g/mol. The molecule has 2 saturated heterocycles. The van der Waals surface area contributed by atoms with Crippen molar-refractivity contribution in [3.05, 3.63) is 0 Å². The molecule has 1 N–H and O–H groups in total. The molecule has 0 aromatic rings. The van der Waals surface area contributed by atoms with E-state index < -0.39 is 36.7 Å². The Morgan fingerprint density at radius 3 is 2.58 bits per heavy atom. The second kappa shape index (κ2) is 5.85. The van der Waals surface area contributed by atoms with Crippen LogP contribution in [0.2, 0.25) is 0 Å². The maximum absolute atomic E-state index is 11.1. The Hall–Kier alpha value is -1.18. The summed E-state index contributed by atoms with van der Waals surface area (Å²) in [5.74, 6) is -0.869. The predicted octanol–water partition coefficient (Wildman–Crippen LogP) is -0.0489. The number of rotatable bonds is 3. The van der Waals surface area contributed by atoms with E-state index >= 15 is 0 Å². The number of ether oxygens (including phenoxy) is 4. The second-order valence-corrected chi connectivity index (χ2v) is 4.82. The fourth-order valence-corrected chi connectivity index (χ4v) is 2.44. The molecule has 5 atom stereocenters. The van der Waals surface area contributed by atoms with Gasteiger partial charge in [-0.3, -0.25) is 9.59 Å². The Morgan fingerprint density at radius 2 is 1.95 bits per heavy atom. The van der Waals surface area contributed by atoms with E-state index in [9.17, 15) is 14.7 Å². The van der Waals surface area contributed by atoms with Gasteiger partial charge in [-0.25, -0.2) is 0 Å². The van der Waals surface area contributed by atoms with Crippen molar-refractivity contribution in [1.82, 2.24) is 0 Å². The van der Waals surface area contributed by atoms with Gasteiger partial charge in [0.15, 0.2) is 12.6 Å². The molecule has 0 radical (unpaired) electrons. The molecule has 108 valence electrons. The molecule has 7 heteroatoms. The molecule has 0 amide bonds. The van der Waals surface area contributed by atoms with E-state index in [-0.39, 0.29) is 12.5 Å². The minimum absolute atomic E-state index is 0.00401. The summed E-state index contributed by atoms with van der Waals surface area (Å²) in [5, 5.41) is 9.44. The van der Waals surface area contributed by atoms with E-state index in [1.54, 1.807) is 0 Å². The number of carbonyl (C=O) groups is 2. The summed E-state index contributed by atoms with van der Waals surface area (Å²) in [7, 11) is 0. The van der Waals surface area contributed by atoms with E-state index in [1.165, 1.54) is 13.8 Å². The number of carbonyl (C=O) groups excluding carboxylic acids is 2. The van der Waals surface area contributed by atoms with Crippen LogP contribution in [0.1, 0.15) is 26.7 Å². The first-order chi connectivity index (χ1) is 8.95. The van der Waals surface area contributed by atoms with E-state index in [2.05, 4.69) is 0 Å². The molecule has 1 unspecified atom stereocenters. The number of fused-ring (bicyclic) bond motifs is 1. The van der Waals surface area contributed by atoms with E-state index in [0.717, 1.165) is 0 Å². The van der Waals surface area contributed by atoms with Gasteiger partial charge in [-0.1, -0.05) is 0 Å². The molecule has 19 heavy (non-hydrogen) atoms. The highest BCUT2D eigenvalue weighted by Gasteiger charge is 2.46. The average Bonchev–Trinajstić information content (AvgIpc) is 2.64. The van der Waals surface area contributed by atoms with E-state index in [1.807, 2.05) is 0 Å². The Balaban J connectivity index is 1.99. The minimum atomic E-state index is -0.861. The first-order valence-corrected chi connectivity index (χ1v) is 6.25. The summed E-state index contributed by atoms with van der Waals surface area (Å²) in [5.41, 5.74) is 0. The highest BCUT2D eigenvalue weighted by molar-refractivity contribution is 5.66. The van der Waals surface area contributed by atoms with Gasteiger partial charge in [0.25, 0.3) is 0 Å². The quantitative estimate of drug-likeness (QED) is 0.721.